The van der Waals surface area contributed by atoms with E-state index in [1.54, 1.807) is 0 Å². The van der Waals surface area contributed by atoms with Gasteiger partial charge in [0.2, 0.25) is 0 Å². The maximum atomic E-state index is 5.16. The summed E-state index contributed by atoms with van der Waals surface area (Å²) >= 11 is 2.00. The summed E-state index contributed by atoms with van der Waals surface area (Å²) in [6.07, 6.45) is 9.49. The second kappa shape index (κ2) is 8.01. The van der Waals surface area contributed by atoms with E-state index >= 15 is 0 Å². The Morgan fingerprint density at radius 3 is 2.82 bits per heavy atom. The molecule has 0 aliphatic heterocycles. The molecule has 0 saturated heterocycles. The van der Waals surface area contributed by atoms with Crippen molar-refractivity contribution in [3.63, 3.8) is 0 Å². The lowest BCUT2D eigenvalue weighted by molar-refractivity contribution is 0.717. The van der Waals surface area contributed by atoms with Crippen molar-refractivity contribution in [1.82, 2.24) is 0 Å². The Morgan fingerprint density at radius 2 is 2.36 bits per heavy atom. The fourth-order valence-electron chi connectivity index (χ4n) is 0.979. The van der Waals surface area contributed by atoms with Crippen molar-refractivity contribution in [2.45, 2.75) is 37.9 Å². The first-order chi connectivity index (χ1) is 5.35. The van der Waals surface area contributed by atoms with Crippen LogP contribution in [0.25, 0.3) is 0 Å². The highest BCUT2D eigenvalue weighted by molar-refractivity contribution is 7.99. The van der Waals surface area contributed by atoms with Crippen molar-refractivity contribution in [3.05, 3.63) is 6.92 Å². The molecule has 0 amide bonds. The standard InChI is InChI=1S/C10H17S/c1-4-7-8-9-10(5-2)11-6-3/h1,10H,2,5-9H2,3H3. The molecule has 0 rings (SSSR count). The van der Waals surface area contributed by atoms with Gasteiger partial charge in [-0.1, -0.05) is 13.8 Å². The molecule has 0 saturated carbocycles. The van der Waals surface area contributed by atoms with E-state index in [0.29, 0.717) is 0 Å². The fraction of sp³-hybridized carbons (Fsp3) is 0.700. The Morgan fingerprint density at radius 1 is 1.64 bits per heavy atom. The van der Waals surface area contributed by atoms with Gasteiger partial charge in [-0.2, -0.15) is 11.8 Å². The molecule has 0 nitrogen and oxygen atoms in total. The zero-order chi connectivity index (χ0) is 8.53. The van der Waals surface area contributed by atoms with Crippen molar-refractivity contribution < 1.29 is 0 Å². The molecule has 1 heteroatoms. The summed E-state index contributed by atoms with van der Waals surface area (Å²) in [6.45, 7) is 6.10. The molecule has 0 heterocycles. The molecule has 0 spiro atoms. The Bertz CT molecular complexity index is 113. The predicted octanol–water partition coefficient (Wildman–Crippen LogP) is 3.14. The number of hydrogen-bond acceptors (Lipinski definition) is 1. The van der Waals surface area contributed by atoms with E-state index in [4.69, 9.17) is 6.42 Å². The van der Waals surface area contributed by atoms with Crippen molar-refractivity contribution in [2.75, 3.05) is 5.75 Å². The Kier molecular flexibility index (Phi) is 7.95. The maximum Gasteiger partial charge on any atom is 0.00864 e. The summed E-state index contributed by atoms with van der Waals surface area (Å²) in [5.74, 6) is 3.85. The zero-order valence-electron chi connectivity index (χ0n) is 7.31. The summed E-state index contributed by atoms with van der Waals surface area (Å²) in [4.78, 5) is 0. The van der Waals surface area contributed by atoms with E-state index < -0.39 is 0 Å². The van der Waals surface area contributed by atoms with Crippen LogP contribution in [0.2, 0.25) is 0 Å². The summed E-state index contributed by atoms with van der Waals surface area (Å²) < 4.78 is 0. The van der Waals surface area contributed by atoms with E-state index in [0.717, 1.165) is 24.5 Å². The Balaban J connectivity index is 3.29. The first kappa shape index (κ1) is 10.9. The van der Waals surface area contributed by atoms with Crippen LogP contribution < -0.4 is 0 Å². The van der Waals surface area contributed by atoms with Crippen molar-refractivity contribution in [3.8, 4) is 12.3 Å². The predicted molar refractivity (Wildman–Crippen MR) is 54.6 cm³/mol. The molecule has 0 N–H and O–H groups in total. The van der Waals surface area contributed by atoms with Crippen molar-refractivity contribution in [1.29, 1.82) is 0 Å². The van der Waals surface area contributed by atoms with Gasteiger partial charge >= 0.3 is 0 Å². The van der Waals surface area contributed by atoms with Crippen LogP contribution in [-0.2, 0) is 0 Å². The highest BCUT2D eigenvalue weighted by Crippen LogP contribution is 2.19. The molecule has 0 aromatic rings. The molecule has 11 heavy (non-hydrogen) atoms. The minimum atomic E-state index is 0.730. The van der Waals surface area contributed by atoms with Gasteiger partial charge in [0.1, 0.15) is 0 Å². The monoisotopic (exact) mass is 169 g/mol. The molecule has 0 aliphatic rings. The van der Waals surface area contributed by atoms with Gasteiger partial charge in [-0.25, -0.2) is 0 Å². The molecule has 1 atom stereocenters. The number of rotatable bonds is 6. The van der Waals surface area contributed by atoms with Crippen LogP contribution in [0, 0.1) is 19.3 Å². The van der Waals surface area contributed by atoms with Crippen LogP contribution in [0.3, 0.4) is 0 Å². The SMILES string of the molecule is C#CCCCC(C[CH2])SCC. The first-order valence-electron chi connectivity index (χ1n) is 4.19. The quantitative estimate of drug-likeness (QED) is 0.435. The average molecular weight is 169 g/mol. The number of hydrogen-bond donors (Lipinski definition) is 0. The number of terminal acetylenes is 1. The molecule has 1 unspecified atom stereocenters. The molecule has 0 bridgehead atoms. The average Bonchev–Trinajstić information content (AvgIpc) is 2.03. The maximum absolute atomic E-state index is 5.16. The lowest BCUT2D eigenvalue weighted by Gasteiger charge is -2.11. The van der Waals surface area contributed by atoms with Crippen LogP contribution in [0.15, 0.2) is 0 Å². The molecule has 0 aliphatic carbocycles. The third kappa shape index (κ3) is 6.31. The minimum absolute atomic E-state index is 0.730. The van der Waals surface area contributed by atoms with Gasteiger partial charge in [-0.3, -0.25) is 0 Å². The zero-order valence-corrected chi connectivity index (χ0v) is 8.12. The van der Waals surface area contributed by atoms with E-state index in [1.807, 2.05) is 11.8 Å². The summed E-state index contributed by atoms with van der Waals surface area (Å²) in [5.41, 5.74) is 0. The third-order valence-electron chi connectivity index (χ3n) is 1.57. The number of unbranched alkanes of at least 4 members (excludes halogenated alkanes) is 1. The topological polar surface area (TPSA) is 0 Å². The first-order valence-corrected chi connectivity index (χ1v) is 5.24. The number of thioether (sulfide) groups is 1. The highest BCUT2D eigenvalue weighted by Gasteiger charge is 2.03. The third-order valence-corrected chi connectivity index (χ3v) is 2.85. The molecular formula is C10H17S. The van der Waals surface area contributed by atoms with Gasteiger partial charge in [0, 0.05) is 11.7 Å². The molecular weight excluding hydrogens is 152 g/mol. The molecule has 63 valence electrons. The van der Waals surface area contributed by atoms with Crippen molar-refractivity contribution >= 4 is 11.8 Å². The molecule has 1 radical (unpaired) electrons. The second-order valence-electron chi connectivity index (χ2n) is 2.46. The second-order valence-corrected chi connectivity index (χ2v) is 4.04. The van der Waals surface area contributed by atoms with Crippen LogP contribution in [0.1, 0.15) is 32.6 Å². The van der Waals surface area contributed by atoms with Gasteiger partial charge in [0.25, 0.3) is 0 Å². The summed E-state index contributed by atoms with van der Waals surface area (Å²) in [5, 5.41) is 0.730. The highest BCUT2D eigenvalue weighted by atomic mass is 32.2. The van der Waals surface area contributed by atoms with Gasteiger partial charge in [-0.05, 0) is 25.0 Å². The lowest BCUT2D eigenvalue weighted by atomic mass is 10.1. The van der Waals surface area contributed by atoms with Gasteiger partial charge < -0.3 is 0 Å². The fourth-order valence-corrected chi connectivity index (χ4v) is 1.95. The smallest absolute Gasteiger partial charge is 0.00864 e. The minimum Gasteiger partial charge on any atom is -0.159 e. The van der Waals surface area contributed by atoms with Crippen LogP contribution in [0.4, 0.5) is 0 Å². The molecule has 0 aromatic heterocycles. The lowest BCUT2D eigenvalue weighted by Crippen LogP contribution is -2.00. The van der Waals surface area contributed by atoms with Crippen LogP contribution in [-0.4, -0.2) is 11.0 Å². The van der Waals surface area contributed by atoms with Crippen LogP contribution in [0.5, 0.6) is 0 Å². The molecule has 0 fully saturated rings. The van der Waals surface area contributed by atoms with Crippen LogP contribution >= 0.6 is 11.8 Å². The molecule has 0 aromatic carbocycles. The van der Waals surface area contributed by atoms with Crippen molar-refractivity contribution in [2.24, 2.45) is 0 Å². The van der Waals surface area contributed by atoms with E-state index in [9.17, 15) is 0 Å². The van der Waals surface area contributed by atoms with E-state index in [2.05, 4.69) is 19.8 Å². The van der Waals surface area contributed by atoms with E-state index in [1.165, 1.54) is 12.2 Å². The Labute approximate surface area is 75.1 Å². The summed E-state index contributed by atoms with van der Waals surface area (Å²) in [7, 11) is 0. The van der Waals surface area contributed by atoms with Gasteiger partial charge in [-0.15, -0.1) is 12.3 Å². The largest absolute Gasteiger partial charge is 0.159 e. The normalized spacial score (nSPS) is 12.5. The van der Waals surface area contributed by atoms with Gasteiger partial charge in [0.15, 0.2) is 0 Å². The Hall–Kier alpha value is -0.0900. The summed E-state index contributed by atoms with van der Waals surface area (Å²) in [6, 6.07) is 0. The van der Waals surface area contributed by atoms with E-state index in [-0.39, 0.29) is 0 Å². The van der Waals surface area contributed by atoms with Gasteiger partial charge in [0.05, 0.1) is 0 Å².